The predicted octanol–water partition coefficient (Wildman–Crippen LogP) is 4.45. The molecule has 1 fully saturated rings. The summed E-state index contributed by atoms with van der Waals surface area (Å²) in [5, 5.41) is 14.7. The Morgan fingerprint density at radius 3 is 2.62 bits per heavy atom. The smallest absolute Gasteiger partial charge is 0.435 e. The summed E-state index contributed by atoms with van der Waals surface area (Å²) in [4.78, 5) is 14.2. The van der Waals surface area contributed by atoms with E-state index < -0.39 is 23.6 Å². The number of hydrogen-bond acceptors (Lipinski definition) is 4. The number of H-pyrrole nitrogens is 1. The van der Waals surface area contributed by atoms with Gasteiger partial charge in [0.25, 0.3) is 5.91 Å². The number of alkyl halides is 3. The molecule has 2 heterocycles. The number of halogens is 4. The number of benzene rings is 1. The first-order valence-corrected chi connectivity index (χ1v) is 10.4. The fourth-order valence-electron chi connectivity index (χ4n) is 3.24. The van der Waals surface area contributed by atoms with Crippen LogP contribution in [-0.4, -0.2) is 44.2 Å². The van der Waals surface area contributed by atoms with Gasteiger partial charge in [-0.15, -0.1) is 0 Å². The summed E-state index contributed by atoms with van der Waals surface area (Å²) in [6.45, 7) is 0.168. The molecule has 0 radical (unpaired) electrons. The van der Waals surface area contributed by atoms with Gasteiger partial charge in [-0.05, 0) is 42.8 Å². The summed E-state index contributed by atoms with van der Waals surface area (Å²) < 4.78 is 52.6. The average Bonchev–Trinajstić information content (AvgIpc) is 3.18. The molecule has 0 unspecified atom stereocenters. The van der Waals surface area contributed by atoms with Crippen molar-refractivity contribution >= 4 is 17.7 Å². The van der Waals surface area contributed by atoms with Crippen molar-refractivity contribution < 1.29 is 27.5 Å². The lowest BCUT2D eigenvalue weighted by Gasteiger charge is -2.27. The summed E-state index contributed by atoms with van der Waals surface area (Å²) in [7, 11) is 0. The largest absolute Gasteiger partial charge is 0.508 e. The van der Waals surface area contributed by atoms with Gasteiger partial charge in [0, 0.05) is 30.8 Å². The number of nitrogens with zero attached hydrogens (tertiary/aromatic N) is 2. The van der Waals surface area contributed by atoms with Crippen LogP contribution in [0.2, 0.25) is 0 Å². The maximum atomic E-state index is 14.2. The lowest BCUT2D eigenvalue weighted by atomic mass is 9.98. The Hall–Kier alpha value is -2.23. The molecule has 0 aliphatic carbocycles. The molecule has 10 heteroatoms. The van der Waals surface area contributed by atoms with Crippen molar-refractivity contribution in [1.82, 2.24) is 15.1 Å². The van der Waals surface area contributed by atoms with E-state index in [-0.39, 0.29) is 30.1 Å². The highest BCUT2D eigenvalue weighted by atomic mass is 32.2. The molecule has 2 aromatic rings. The minimum Gasteiger partial charge on any atom is -0.508 e. The molecule has 0 atom stereocenters. The summed E-state index contributed by atoms with van der Waals surface area (Å²) in [6.07, 6.45) is -1.94. The molecule has 1 saturated heterocycles. The Kier molecular flexibility index (Phi) is 6.71. The molecule has 0 spiro atoms. The SMILES string of the molecule is O=C(c1cc(C(F)(F)F)n[nH]1)N(CCC1CCSCC1)Cc1ccc(O)cc1F. The van der Waals surface area contributed by atoms with E-state index >= 15 is 0 Å². The van der Waals surface area contributed by atoms with Crippen LogP contribution < -0.4 is 0 Å². The van der Waals surface area contributed by atoms with Crippen LogP contribution in [0.4, 0.5) is 17.6 Å². The van der Waals surface area contributed by atoms with Crippen LogP contribution in [0.5, 0.6) is 5.75 Å². The predicted molar refractivity (Wildman–Crippen MR) is 101 cm³/mol. The molecule has 158 valence electrons. The highest BCUT2D eigenvalue weighted by molar-refractivity contribution is 7.99. The minimum absolute atomic E-state index is 0.118. The number of aromatic hydroxyl groups is 1. The van der Waals surface area contributed by atoms with Gasteiger partial charge in [0.05, 0.1) is 0 Å². The number of phenolic OH excluding ortho intramolecular Hbond substituents is 1. The van der Waals surface area contributed by atoms with Gasteiger partial charge in [0.15, 0.2) is 5.69 Å². The van der Waals surface area contributed by atoms with Crippen LogP contribution in [0.1, 0.15) is 41.0 Å². The number of aromatic nitrogens is 2. The first kappa shape index (κ1) is 21.5. The second-order valence-electron chi connectivity index (χ2n) is 7.01. The van der Waals surface area contributed by atoms with Crippen molar-refractivity contribution in [2.75, 3.05) is 18.1 Å². The molecule has 1 amide bonds. The number of thioether (sulfide) groups is 1. The first-order valence-electron chi connectivity index (χ1n) is 9.21. The van der Waals surface area contributed by atoms with Gasteiger partial charge in [-0.2, -0.15) is 30.0 Å². The lowest BCUT2D eigenvalue weighted by Crippen LogP contribution is -2.33. The molecular weight excluding hydrogens is 410 g/mol. The standard InChI is InChI=1S/C19H21F4N3O2S/c20-15-9-14(27)2-1-13(15)11-26(6-3-12-4-7-29-8-5-12)18(28)16-10-17(25-24-16)19(21,22)23/h1-2,9-10,12,27H,3-8,11H2,(H,24,25). The van der Waals surface area contributed by atoms with E-state index in [1.54, 1.807) is 0 Å². The van der Waals surface area contributed by atoms with Crippen LogP contribution in [-0.2, 0) is 12.7 Å². The number of carbonyl (C=O) groups excluding carboxylic acids is 1. The van der Waals surface area contributed by atoms with E-state index in [9.17, 15) is 27.5 Å². The molecule has 1 aliphatic heterocycles. The summed E-state index contributed by atoms with van der Waals surface area (Å²) in [5.74, 6) is 0.903. The van der Waals surface area contributed by atoms with Gasteiger partial charge < -0.3 is 10.0 Å². The third-order valence-corrected chi connectivity index (χ3v) is 5.98. The quantitative estimate of drug-likeness (QED) is 0.663. The number of aromatic amines is 1. The number of nitrogens with one attached hydrogen (secondary N) is 1. The van der Waals surface area contributed by atoms with E-state index in [4.69, 9.17) is 0 Å². The molecule has 1 aromatic heterocycles. The van der Waals surface area contributed by atoms with Gasteiger partial charge in [0.1, 0.15) is 17.3 Å². The molecule has 29 heavy (non-hydrogen) atoms. The number of rotatable bonds is 6. The van der Waals surface area contributed by atoms with Gasteiger partial charge in [-0.1, -0.05) is 6.07 Å². The molecule has 1 aliphatic rings. The Morgan fingerprint density at radius 1 is 1.28 bits per heavy atom. The minimum atomic E-state index is -4.66. The van der Waals surface area contributed by atoms with Crippen LogP contribution in [0.15, 0.2) is 24.3 Å². The van der Waals surface area contributed by atoms with Crippen molar-refractivity contribution in [2.24, 2.45) is 5.92 Å². The Morgan fingerprint density at radius 2 is 2.00 bits per heavy atom. The zero-order chi connectivity index (χ0) is 21.0. The van der Waals surface area contributed by atoms with E-state index in [2.05, 4.69) is 10.2 Å². The molecule has 2 N–H and O–H groups in total. The van der Waals surface area contributed by atoms with Crippen LogP contribution in [0.25, 0.3) is 0 Å². The average molecular weight is 431 g/mol. The second-order valence-corrected chi connectivity index (χ2v) is 8.24. The van der Waals surface area contributed by atoms with Crippen LogP contribution in [0.3, 0.4) is 0 Å². The van der Waals surface area contributed by atoms with E-state index in [0.717, 1.165) is 30.4 Å². The number of phenols is 1. The highest BCUT2D eigenvalue weighted by Gasteiger charge is 2.35. The van der Waals surface area contributed by atoms with E-state index in [1.807, 2.05) is 11.8 Å². The fraction of sp³-hybridized carbons (Fsp3) is 0.474. The normalized spacial score (nSPS) is 15.4. The topological polar surface area (TPSA) is 69.2 Å². The summed E-state index contributed by atoms with van der Waals surface area (Å²) >= 11 is 1.87. The molecule has 5 nitrogen and oxygen atoms in total. The summed E-state index contributed by atoms with van der Waals surface area (Å²) in [5.41, 5.74) is -1.30. The highest BCUT2D eigenvalue weighted by Crippen LogP contribution is 2.29. The molecule has 3 rings (SSSR count). The monoisotopic (exact) mass is 431 g/mol. The molecule has 0 bridgehead atoms. The molecule has 0 saturated carbocycles. The van der Waals surface area contributed by atoms with Crippen molar-refractivity contribution in [3.8, 4) is 5.75 Å². The maximum absolute atomic E-state index is 14.2. The van der Waals surface area contributed by atoms with Gasteiger partial charge in [-0.25, -0.2) is 4.39 Å². The fourth-order valence-corrected chi connectivity index (χ4v) is 4.45. The van der Waals surface area contributed by atoms with Crippen LogP contribution >= 0.6 is 11.8 Å². The zero-order valence-electron chi connectivity index (χ0n) is 15.5. The number of carbonyl (C=O) groups is 1. The Labute approximate surface area is 169 Å². The second kappa shape index (κ2) is 9.06. The van der Waals surface area contributed by atoms with Gasteiger partial charge in [-0.3, -0.25) is 9.89 Å². The van der Waals surface area contributed by atoms with E-state index in [1.165, 1.54) is 17.0 Å². The van der Waals surface area contributed by atoms with Crippen molar-refractivity contribution in [1.29, 1.82) is 0 Å². The number of amides is 1. The Balaban J connectivity index is 1.78. The third-order valence-electron chi connectivity index (χ3n) is 4.93. The number of hydrogen-bond donors (Lipinski definition) is 2. The Bertz CT molecular complexity index is 850. The molecular formula is C19H21F4N3O2S. The summed E-state index contributed by atoms with van der Waals surface area (Å²) in [6, 6.07) is 4.27. The third kappa shape index (κ3) is 5.65. The maximum Gasteiger partial charge on any atom is 0.435 e. The lowest BCUT2D eigenvalue weighted by molar-refractivity contribution is -0.141. The van der Waals surface area contributed by atoms with Crippen molar-refractivity contribution in [2.45, 2.75) is 32.0 Å². The van der Waals surface area contributed by atoms with E-state index in [0.29, 0.717) is 18.4 Å². The first-order chi connectivity index (χ1) is 13.7. The van der Waals surface area contributed by atoms with Gasteiger partial charge >= 0.3 is 6.18 Å². The molecule has 1 aromatic carbocycles. The van der Waals surface area contributed by atoms with Crippen LogP contribution in [0, 0.1) is 11.7 Å². The van der Waals surface area contributed by atoms with Gasteiger partial charge in [0.2, 0.25) is 0 Å². The zero-order valence-corrected chi connectivity index (χ0v) is 16.3. The van der Waals surface area contributed by atoms with Crippen molar-refractivity contribution in [3.05, 3.63) is 47.0 Å². The van der Waals surface area contributed by atoms with Crippen molar-refractivity contribution in [3.63, 3.8) is 0 Å².